The first-order valence-corrected chi connectivity index (χ1v) is 11.3. The van der Waals surface area contributed by atoms with Crippen molar-refractivity contribution in [2.75, 3.05) is 0 Å². The fourth-order valence-electron chi connectivity index (χ4n) is 4.24. The van der Waals surface area contributed by atoms with Gasteiger partial charge in [-0.25, -0.2) is 4.98 Å². The van der Waals surface area contributed by atoms with Crippen molar-refractivity contribution in [3.05, 3.63) is 101 Å². The molecule has 1 aromatic heterocycles. The lowest BCUT2D eigenvalue weighted by atomic mass is 9.71. The zero-order valence-electron chi connectivity index (χ0n) is 18.4. The van der Waals surface area contributed by atoms with E-state index in [2.05, 4.69) is 4.98 Å². The Labute approximate surface area is 198 Å². The number of aromatic nitrogens is 1. The van der Waals surface area contributed by atoms with Crippen LogP contribution in [0.4, 0.5) is 0 Å². The summed E-state index contributed by atoms with van der Waals surface area (Å²) in [5.41, 5.74) is 2.90. The van der Waals surface area contributed by atoms with E-state index in [0.29, 0.717) is 17.9 Å². The van der Waals surface area contributed by atoms with Crippen LogP contribution in [0.3, 0.4) is 0 Å². The average Bonchev–Trinajstić information content (AvgIpc) is 2.81. The summed E-state index contributed by atoms with van der Waals surface area (Å²) < 4.78 is 0. The van der Waals surface area contributed by atoms with Gasteiger partial charge in [-0.3, -0.25) is 4.79 Å². The maximum Gasteiger partial charge on any atom is 0.311 e. The zero-order chi connectivity index (χ0) is 23.4. The van der Waals surface area contributed by atoms with Crippen molar-refractivity contribution in [2.24, 2.45) is 11.3 Å². The number of benzene rings is 2. The van der Waals surface area contributed by atoms with Crippen LogP contribution in [-0.4, -0.2) is 21.2 Å². The van der Waals surface area contributed by atoms with Gasteiger partial charge in [0.1, 0.15) is 0 Å². The second kappa shape index (κ2) is 9.74. The summed E-state index contributed by atoms with van der Waals surface area (Å²) in [4.78, 5) is 16.3. The van der Waals surface area contributed by atoms with Crippen LogP contribution >= 0.6 is 11.6 Å². The van der Waals surface area contributed by atoms with E-state index in [4.69, 9.17) is 11.6 Å². The van der Waals surface area contributed by atoms with E-state index in [9.17, 15) is 15.0 Å². The fraction of sp³-hybridized carbons (Fsp3) is 0.214. The molecular weight excluding hydrogens is 434 g/mol. The number of carboxylic acids is 1. The number of aliphatic hydroxyl groups excluding tert-OH is 1. The minimum atomic E-state index is -0.843. The van der Waals surface area contributed by atoms with Gasteiger partial charge in [-0.05, 0) is 54.3 Å². The Kier molecular flexibility index (Phi) is 6.77. The normalized spacial score (nSPS) is 21.0. The molecule has 1 heterocycles. The van der Waals surface area contributed by atoms with E-state index < -0.39 is 23.4 Å². The molecule has 0 radical (unpaired) electrons. The molecule has 0 aliphatic heterocycles. The highest BCUT2D eigenvalue weighted by atomic mass is 35.5. The number of fused-ring (bicyclic) bond motifs is 1. The summed E-state index contributed by atoms with van der Waals surface area (Å²) in [5, 5.41) is 22.0. The van der Waals surface area contributed by atoms with Crippen LogP contribution < -0.4 is 0 Å². The van der Waals surface area contributed by atoms with E-state index in [-0.39, 0.29) is 0 Å². The molecular formula is C28H26ClNO3. The highest BCUT2D eigenvalue weighted by molar-refractivity contribution is 6.31. The lowest BCUT2D eigenvalue weighted by Gasteiger charge is -2.33. The highest BCUT2D eigenvalue weighted by Gasteiger charge is 2.36. The predicted octanol–water partition coefficient (Wildman–Crippen LogP) is 6.71. The Hall–Kier alpha value is -3.21. The number of aliphatic carboxylic acids is 1. The van der Waals surface area contributed by atoms with Crippen LogP contribution in [0.15, 0.2) is 78.9 Å². The minimum Gasteiger partial charge on any atom is -0.481 e. The molecule has 3 aromatic rings. The third kappa shape index (κ3) is 5.41. The second-order valence-corrected chi connectivity index (χ2v) is 9.13. The molecule has 0 amide bonds. The molecule has 2 aromatic carbocycles. The molecule has 5 heteroatoms. The molecule has 0 bridgehead atoms. The highest BCUT2D eigenvalue weighted by Crippen LogP contribution is 2.39. The van der Waals surface area contributed by atoms with Gasteiger partial charge >= 0.3 is 5.97 Å². The van der Waals surface area contributed by atoms with Crippen LogP contribution in [0.5, 0.6) is 0 Å². The van der Waals surface area contributed by atoms with Gasteiger partial charge in [-0.2, -0.15) is 0 Å². The summed E-state index contributed by atoms with van der Waals surface area (Å²) in [5.74, 6) is -1.43. The number of pyridine rings is 1. The van der Waals surface area contributed by atoms with Crippen molar-refractivity contribution in [1.82, 2.24) is 4.98 Å². The van der Waals surface area contributed by atoms with Crippen molar-refractivity contribution in [3.63, 3.8) is 0 Å². The molecule has 1 aliphatic carbocycles. The van der Waals surface area contributed by atoms with E-state index >= 15 is 0 Å². The number of nitrogens with zero attached hydrogens (tertiary/aromatic N) is 1. The lowest BCUT2D eigenvalue weighted by Crippen LogP contribution is -2.32. The van der Waals surface area contributed by atoms with Crippen molar-refractivity contribution in [3.8, 4) is 0 Å². The SMILES string of the molecule is CC1(CC[C@H](O)c2cccc(/C=C/c3ccc4ccc(Cl)cc4n3)c2)C=CC=CC1C(=O)O. The van der Waals surface area contributed by atoms with Crippen molar-refractivity contribution in [2.45, 2.75) is 25.9 Å². The number of halogens is 1. The molecule has 2 N–H and O–H groups in total. The Morgan fingerprint density at radius 3 is 2.79 bits per heavy atom. The maximum absolute atomic E-state index is 11.6. The molecule has 1 aliphatic rings. The number of carboxylic acid groups (broad SMARTS) is 1. The molecule has 3 atom stereocenters. The Morgan fingerprint density at radius 2 is 1.97 bits per heavy atom. The molecule has 0 saturated heterocycles. The Bertz CT molecular complexity index is 1260. The Morgan fingerprint density at radius 1 is 1.15 bits per heavy atom. The minimum absolute atomic E-state index is 0.471. The van der Waals surface area contributed by atoms with Crippen molar-refractivity contribution in [1.29, 1.82) is 0 Å². The van der Waals surface area contributed by atoms with Gasteiger partial charge in [0.2, 0.25) is 0 Å². The van der Waals surface area contributed by atoms with Crippen LogP contribution in [-0.2, 0) is 4.79 Å². The molecule has 168 valence electrons. The van der Waals surface area contributed by atoms with Crippen LogP contribution in [0.1, 0.15) is 42.7 Å². The quantitative estimate of drug-likeness (QED) is 0.412. The molecule has 4 rings (SSSR count). The smallest absolute Gasteiger partial charge is 0.311 e. The largest absolute Gasteiger partial charge is 0.481 e. The van der Waals surface area contributed by atoms with Crippen LogP contribution in [0.2, 0.25) is 5.02 Å². The van der Waals surface area contributed by atoms with Crippen molar-refractivity contribution < 1.29 is 15.0 Å². The zero-order valence-corrected chi connectivity index (χ0v) is 19.1. The summed E-state index contributed by atoms with van der Waals surface area (Å²) in [6.45, 7) is 1.93. The fourth-order valence-corrected chi connectivity index (χ4v) is 4.41. The molecule has 4 nitrogen and oxygen atoms in total. The second-order valence-electron chi connectivity index (χ2n) is 8.70. The first-order chi connectivity index (χ1) is 15.8. The van der Waals surface area contributed by atoms with Crippen LogP contribution in [0, 0.1) is 11.3 Å². The van der Waals surface area contributed by atoms with Gasteiger partial charge in [-0.15, -0.1) is 0 Å². The summed E-state index contributed by atoms with van der Waals surface area (Å²) in [6.07, 6.45) is 11.6. The number of carbonyl (C=O) groups is 1. The summed E-state index contributed by atoms with van der Waals surface area (Å²) in [6, 6.07) is 17.3. The third-order valence-corrected chi connectivity index (χ3v) is 6.48. The van der Waals surface area contributed by atoms with Gasteiger partial charge in [0, 0.05) is 15.8 Å². The molecule has 33 heavy (non-hydrogen) atoms. The van der Waals surface area contributed by atoms with Crippen molar-refractivity contribution >= 4 is 40.6 Å². The monoisotopic (exact) mass is 459 g/mol. The van der Waals surface area contributed by atoms with Gasteiger partial charge in [0.05, 0.1) is 23.2 Å². The topological polar surface area (TPSA) is 70.4 Å². The number of hydrogen-bond acceptors (Lipinski definition) is 3. The van der Waals surface area contributed by atoms with Gasteiger partial charge in [-0.1, -0.05) is 79.2 Å². The average molecular weight is 460 g/mol. The summed E-state index contributed by atoms with van der Waals surface area (Å²) >= 11 is 6.08. The number of hydrogen-bond donors (Lipinski definition) is 2. The van der Waals surface area contributed by atoms with Crippen LogP contribution in [0.25, 0.3) is 23.1 Å². The van der Waals surface area contributed by atoms with E-state index in [1.54, 1.807) is 12.2 Å². The molecule has 0 fully saturated rings. The van der Waals surface area contributed by atoms with E-state index in [1.807, 2.05) is 85.8 Å². The van der Waals surface area contributed by atoms with E-state index in [0.717, 1.165) is 27.7 Å². The predicted molar refractivity (Wildman–Crippen MR) is 134 cm³/mol. The molecule has 0 spiro atoms. The standard InChI is InChI=1S/C28H26ClNO3/c1-28(15-3-2-7-24(28)27(32)33)16-14-26(31)21-6-4-5-19(17-21)8-12-23-13-10-20-9-11-22(29)18-25(20)30-23/h2-13,15,17-18,24,26,31H,14,16H2,1H3,(H,32,33)/b12-8+/t24?,26-,28?/m0/s1. The van der Waals surface area contributed by atoms with E-state index in [1.165, 1.54) is 0 Å². The number of rotatable bonds is 7. The molecule has 0 saturated carbocycles. The third-order valence-electron chi connectivity index (χ3n) is 6.24. The number of allylic oxidation sites excluding steroid dienone is 3. The molecule has 2 unspecified atom stereocenters. The Balaban J connectivity index is 1.45. The number of aliphatic hydroxyl groups is 1. The van der Waals surface area contributed by atoms with Gasteiger partial charge < -0.3 is 10.2 Å². The van der Waals surface area contributed by atoms with Gasteiger partial charge in [0.25, 0.3) is 0 Å². The lowest BCUT2D eigenvalue weighted by molar-refractivity contribution is -0.143. The first kappa shape index (κ1) is 23.0. The maximum atomic E-state index is 11.6. The summed E-state index contributed by atoms with van der Waals surface area (Å²) in [7, 11) is 0. The van der Waals surface area contributed by atoms with Gasteiger partial charge in [0.15, 0.2) is 0 Å². The first-order valence-electron chi connectivity index (χ1n) is 11.0.